The summed E-state index contributed by atoms with van der Waals surface area (Å²) in [7, 11) is 0. The summed E-state index contributed by atoms with van der Waals surface area (Å²) < 4.78 is 0. The quantitative estimate of drug-likeness (QED) is 0.633. The standard InChI is InChI=1S/C12H23NO/c1-5-10-8-6-7-9-13(10)11(14)12(2,3)4/h10H,5-9H2,1-4H3/t10-/m1/s1. The van der Waals surface area contributed by atoms with E-state index in [1.165, 1.54) is 19.3 Å². The molecule has 0 unspecified atom stereocenters. The Morgan fingerprint density at radius 3 is 2.50 bits per heavy atom. The lowest BCUT2D eigenvalue weighted by atomic mass is 9.91. The zero-order valence-electron chi connectivity index (χ0n) is 9.97. The fourth-order valence-corrected chi connectivity index (χ4v) is 2.12. The third-order valence-corrected chi connectivity index (χ3v) is 3.00. The van der Waals surface area contributed by atoms with Gasteiger partial charge < -0.3 is 4.90 Å². The van der Waals surface area contributed by atoms with E-state index in [1.807, 2.05) is 20.8 Å². The van der Waals surface area contributed by atoms with Crippen LogP contribution in [-0.2, 0) is 4.79 Å². The summed E-state index contributed by atoms with van der Waals surface area (Å²) in [5, 5.41) is 0. The molecular weight excluding hydrogens is 174 g/mol. The summed E-state index contributed by atoms with van der Waals surface area (Å²) >= 11 is 0. The number of likely N-dealkylation sites (tertiary alicyclic amines) is 1. The molecule has 1 aliphatic heterocycles. The van der Waals surface area contributed by atoms with Crippen LogP contribution < -0.4 is 0 Å². The lowest BCUT2D eigenvalue weighted by molar-refractivity contribution is -0.143. The van der Waals surface area contributed by atoms with E-state index >= 15 is 0 Å². The normalized spacial score (nSPS) is 23.7. The van der Waals surface area contributed by atoms with Crippen LogP contribution in [0.1, 0.15) is 53.4 Å². The van der Waals surface area contributed by atoms with E-state index in [-0.39, 0.29) is 5.41 Å². The van der Waals surface area contributed by atoms with Crippen molar-refractivity contribution < 1.29 is 4.79 Å². The molecule has 1 fully saturated rings. The number of hydrogen-bond acceptors (Lipinski definition) is 1. The Labute approximate surface area is 87.7 Å². The molecule has 1 aliphatic rings. The highest BCUT2D eigenvalue weighted by atomic mass is 16.2. The first kappa shape index (κ1) is 11.5. The SMILES string of the molecule is CC[C@@H]1CCCCN1C(=O)C(C)(C)C. The Kier molecular flexibility index (Phi) is 3.57. The minimum absolute atomic E-state index is 0.218. The van der Waals surface area contributed by atoms with Crippen molar-refractivity contribution in [1.82, 2.24) is 4.90 Å². The van der Waals surface area contributed by atoms with Crippen LogP contribution in [0, 0.1) is 5.41 Å². The van der Waals surface area contributed by atoms with Gasteiger partial charge in [0.2, 0.25) is 5.91 Å². The van der Waals surface area contributed by atoms with Gasteiger partial charge >= 0.3 is 0 Å². The Morgan fingerprint density at radius 1 is 1.36 bits per heavy atom. The summed E-state index contributed by atoms with van der Waals surface area (Å²) in [6.45, 7) is 9.18. The monoisotopic (exact) mass is 197 g/mol. The smallest absolute Gasteiger partial charge is 0.228 e. The number of carbonyl (C=O) groups is 1. The Morgan fingerprint density at radius 2 is 2.00 bits per heavy atom. The maximum atomic E-state index is 12.1. The molecule has 2 heteroatoms. The zero-order valence-corrected chi connectivity index (χ0v) is 9.97. The molecule has 0 aromatic rings. The van der Waals surface area contributed by atoms with Crippen molar-refractivity contribution in [3.05, 3.63) is 0 Å². The number of rotatable bonds is 1. The first-order valence-electron chi connectivity index (χ1n) is 5.78. The second-order valence-electron chi connectivity index (χ2n) is 5.31. The summed E-state index contributed by atoms with van der Waals surface area (Å²) in [5.41, 5.74) is -0.218. The average Bonchev–Trinajstić information content (AvgIpc) is 2.15. The van der Waals surface area contributed by atoms with Gasteiger partial charge in [0.1, 0.15) is 0 Å². The van der Waals surface area contributed by atoms with E-state index in [9.17, 15) is 4.79 Å². The predicted octanol–water partition coefficient (Wildman–Crippen LogP) is 2.82. The van der Waals surface area contributed by atoms with E-state index in [1.54, 1.807) is 0 Å². The molecule has 0 aromatic heterocycles. The highest BCUT2D eigenvalue weighted by molar-refractivity contribution is 5.81. The van der Waals surface area contributed by atoms with Crippen molar-refractivity contribution in [1.29, 1.82) is 0 Å². The number of carbonyl (C=O) groups excluding carboxylic acids is 1. The summed E-state index contributed by atoms with van der Waals surface area (Å²) in [5.74, 6) is 0.323. The van der Waals surface area contributed by atoms with Crippen LogP contribution in [0.3, 0.4) is 0 Å². The first-order chi connectivity index (χ1) is 6.46. The second kappa shape index (κ2) is 4.33. The van der Waals surface area contributed by atoms with Gasteiger partial charge in [0.15, 0.2) is 0 Å². The molecule has 82 valence electrons. The van der Waals surface area contributed by atoms with Crippen LogP contribution in [-0.4, -0.2) is 23.4 Å². The van der Waals surface area contributed by atoms with Gasteiger partial charge in [-0.15, -0.1) is 0 Å². The van der Waals surface area contributed by atoms with Gasteiger partial charge in [-0.1, -0.05) is 27.7 Å². The lowest BCUT2D eigenvalue weighted by Gasteiger charge is -2.39. The van der Waals surface area contributed by atoms with E-state index in [4.69, 9.17) is 0 Å². The van der Waals surface area contributed by atoms with Crippen LogP contribution >= 0.6 is 0 Å². The lowest BCUT2D eigenvalue weighted by Crippen LogP contribution is -2.48. The molecule has 1 saturated heterocycles. The summed E-state index contributed by atoms with van der Waals surface area (Å²) in [4.78, 5) is 14.2. The highest BCUT2D eigenvalue weighted by Gasteiger charge is 2.32. The first-order valence-corrected chi connectivity index (χ1v) is 5.78. The molecule has 1 amide bonds. The fourth-order valence-electron chi connectivity index (χ4n) is 2.12. The van der Waals surface area contributed by atoms with E-state index < -0.39 is 0 Å². The summed E-state index contributed by atoms with van der Waals surface area (Å²) in [6, 6.07) is 0.496. The van der Waals surface area contributed by atoms with Gasteiger partial charge in [-0.3, -0.25) is 4.79 Å². The van der Waals surface area contributed by atoms with Crippen molar-refractivity contribution >= 4 is 5.91 Å². The Balaban J connectivity index is 2.69. The van der Waals surface area contributed by atoms with Gasteiger partial charge in [0.05, 0.1) is 0 Å². The second-order valence-corrected chi connectivity index (χ2v) is 5.31. The minimum atomic E-state index is -0.218. The third kappa shape index (κ3) is 2.49. The fraction of sp³-hybridized carbons (Fsp3) is 0.917. The van der Waals surface area contributed by atoms with Crippen molar-refractivity contribution in [2.75, 3.05) is 6.54 Å². The minimum Gasteiger partial charge on any atom is -0.339 e. The largest absolute Gasteiger partial charge is 0.339 e. The molecule has 1 rings (SSSR count). The highest BCUT2D eigenvalue weighted by Crippen LogP contribution is 2.25. The zero-order chi connectivity index (χ0) is 10.8. The number of nitrogens with zero attached hydrogens (tertiary/aromatic N) is 1. The molecule has 0 bridgehead atoms. The van der Waals surface area contributed by atoms with E-state index in [0.29, 0.717) is 11.9 Å². The van der Waals surface area contributed by atoms with Gasteiger partial charge in [-0.05, 0) is 25.7 Å². The molecule has 1 heterocycles. The van der Waals surface area contributed by atoms with E-state index in [0.717, 1.165) is 13.0 Å². The van der Waals surface area contributed by atoms with Crippen molar-refractivity contribution in [3.8, 4) is 0 Å². The van der Waals surface area contributed by atoms with Crippen molar-refractivity contribution in [3.63, 3.8) is 0 Å². The van der Waals surface area contributed by atoms with Crippen molar-refractivity contribution in [2.24, 2.45) is 5.41 Å². The predicted molar refractivity (Wildman–Crippen MR) is 59.1 cm³/mol. The molecule has 0 aromatic carbocycles. The average molecular weight is 197 g/mol. The van der Waals surface area contributed by atoms with Crippen LogP contribution in [0.5, 0.6) is 0 Å². The topological polar surface area (TPSA) is 20.3 Å². The van der Waals surface area contributed by atoms with Crippen molar-refractivity contribution in [2.45, 2.75) is 59.4 Å². The van der Waals surface area contributed by atoms with Crippen LogP contribution in [0.2, 0.25) is 0 Å². The maximum Gasteiger partial charge on any atom is 0.228 e. The molecule has 0 N–H and O–H groups in total. The van der Waals surface area contributed by atoms with Crippen LogP contribution in [0.25, 0.3) is 0 Å². The van der Waals surface area contributed by atoms with Gasteiger partial charge in [-0.2, -0.15) is 0 Å². The third-order valence-electron chi connectivity index (χ3n) is 3.00. The molecule has 14 heavy (non-hydrogen) atoms. The number of amides is 1. The molecular formula is C12H23NO. The van der Waals surface area contributed by atoms with Crippen LogP contribution in [0.4, 0.5) is 0 Å². The number of hydrogen-bond donors (Lipinski definition) is 0. The van der Waals surface area contributed by atoms with Gasteiger partial charge in [0, 0.05) is 18.0 Å². The van der Waals surface area contributed by atoms with Gasteiger partial charge in [0.25, 0.3) is 0 Å². The molecule has 0 saturated carbocycles. The van der Waals surface area contributed by atoms with Crippen LogP contribution in [0.15, 0.2) is 0 Å². The molecule has 2 nitrogen and oxygen atoms in total. The Hall–Kier alpha value is -0.530. The maximum absolute atomic E-state index is 12.1. The van der Waals surface area contributed by atoms with Gasteiger partial charge in [-0.25, -0.2) is 0 Å². The Bertz CT molecular complexity index is 205. The number of piperidine rings is 1. The summed E-state index contributed by atoms with van der Waals surface area (Å²) in [6.07, 6.45) is 4.75. The molecule has 0 aliphatic carbocycles. The van der Waals surface area contributed by atoms with E-state index in [2.05, 4.69) is 11.8 Å². The molecule has 0 spiro atoms. The molecule has 1 atom stereocenters. The molecule has 0 radical (unpaired) electrons.